The number of carbonyl (C=O) groups excluding carboxylic acids is 1. The highest BCUT2D eigenvalue weighted by molar-refractivity contribution is 5.94. The molecule has 0 saturated heterocycles. The van der Waals surface area contributed by atoms with Crippen LogP contribution in [0.15, 0.2) is 36.5 Å². The lowest BCUT2D eigenvalue weighted by Crippen LogP contribution is -2.24. The molecule has 108 valence electrons. The van der Waals surface area contributed by atoms with Crippen molar-refractivity contribution in [3.8, 4) is 0 Å². The first-order valence-corrected chi connectivity index (χ1v) is 6.20. The molecule has 21 heavy (non-hydrogen) atoms. The van der Waals surface area contributed by atoms with Gasteiger partial charge in [0.05, 0.1) is 5.56 Å². The van der Waals surface area contributed by atoms with E-state index in [1.165, 1.54) is 24.4 Å². The topological polar surface area (TPSA) is 79.3 Å². The largest absolute Gasteiger partial charge is 0.477 e. The van der Waals surface area contributed by atoms with Gasteiger partial charge in [-0.05, 0) is 30.7 Å². The number of carbonyl (C=O) groups is 2. The molecule has 5 nitrogen and oxygen atoms in total. The molecule has 0 spiro atoms. The third kappa shape index (κ3) is 3.62. The van der Waals surface area contributed by atoms with Gasteiger partial charge >= 0.3 is 5.97 Å². The van der Waals surface area contributed by atoms with Gasteiger partial charge in [-0.25, -0.2) is 14.2 Å². The molecule has 6 heteroatoms. The summed E-state index contributed by atoms with van der Waals surface area (Å²) in [6.07, 6.45) is 1.36. The van der Waals surface area contributed by atoms with Crippen molar-refractivity contribution in [2.24, 2.45) is 0 Å². The van der Waals surface area contributed by atoms with Crippen molar-refractivity contribution in [2.75, 3.05) is 0 Å². The fourth-order valence-corrected chi connectivity index (χ4v) is 1.75. The Kier molecular flexibility index (Phi) is 4.27. The summed E-state index contributed by atoms with van der Waals surface area (Å²) >= 11 is 0. The fraction of sp³-hybridized carbons (Fsp3) is 0.133. The molecule has 0 saturated carbocycles. The van der Waals surface area contributed by atoms with Crippen molar-refractivity contribution in [3.63, 3.8) is 0 Å². The number of amides is 1. The highest BCUT2D eigenvalue weighted by Gasteiger charge is 2.11. The number of carboxylic acids is 1. The third-order valence-corrected chi connectivity index (χ3v) is 2.86. The van der Waals surface area contributed by atoms with Crippen LogP contribution in [0.4, 0.5) is 4.39 Å². The van der Waals surface area contributed by atoms with E-state index in [0.29, 0.717) is 5.56 Å². The van der Waals surface area contributed by atoms with Gasteiger partial charge in [0.25, 0.3) is 5.91 Å². The van der Waals surface area contributed by atoms with E-state index in [2.05, 4.69) is 10.3 Å². The van der Waals surface area contributed by atoms with Crippen LogP contribution in [0, 0.1) is 12.7 Å². The molecule has 2 N–H and O–H groups in total. The first-order valence-electron chi connectivity index (χ1n) is 6.20. The van der Waals surface area contributed by atoms with Gasteiger partial charge in [0.1, 0.15) is 11.5 Å². The summed E-state index contributed by atoms with van der Waals surface area (Å²) in [6.45, 7) is 1.91. The van der Waals surface area contributed by atoms with Crippen LogP contribution < -0.4 is 5.32 Å². The second kappa shape index (κ2) is 6.13. The molecule has 0 aliphatic carbocycles. The lowest BCUT2D eigenvalue weighted by molar-refractivity contribution is 0.0690. The monoisotopic (exact) mass is 288 g/mol. The Morgan fingerprint density at radius 3 is 2.67 bits per heavy atom. The predicted molar refractivity (Wildman–Crippen MR) is 73.5 cm³/mol. The van der Waals surface area contributed by atoms with Gasteiger partial charge in [-0.2, -0.15) is 0 Å². The maximum Gasteiger partial charge on any atom is 0.354 e. The molecule has 1 aromatic carbocycles. The Balaban J connectivity index is 2.04. The van der Waals surface area contributed by atoms with Gasteiger partial charge in [-0.3, -0.25) is 4.79 Å². The van der Waals surface area contributed by atoms with Crippen molar-refractivity contribution in [1.29, 1.82) is 0 Å². The smallest absolute Gasteiger partial charge is 0.354 e. The summed E-state index contributed by atoms with van der Waals surface area (Å²) < 4.78 is 13.5. The Morgan fingerprint density at radius 2 is 2.05 bits per heavy atom. The molecule has 0 radical (unpaired) electrons. The number of aryl methyl sites for hydroxylation is 1. The number of halogens is 1. The zero-order valence-electron chi connectivity index (χ0n) is 11.3. The first kappa shape index (κ1) is 14.6. The highest BCUT2D eigenvalue weighted by Crippen LogP contribution is 2.10. The average Bonchev–Trinajstić information content (AvgIpc) is 2.47. The molecular weight excluding hydrogens is 275 g/mol. The molecular formula is C15H13FN2O3. The summed E-state index contributed by atoms with van der Waals surface area (Å²) in [5.74, 6) is -2.23. The molecule has 0 atom stereocenters. The zero-order valence-corrected chi connectivity index (χ0v) is 11.3. The fourth-order valence-electron chi connectivity index (χ4n) is 1.75. The van der Waals surface area contributed by atoms with Crippen LogP contribution in [0.1, 0.15) is 32.0 Å². The van der Waals surface area contributed by atoms with Crippen LogP contribution in [0.2, 0.25) is 0 Å². The minimum atomic E-state index is -1.12. The van der Waals surface area contributed by atoms with Gasteiger partial charge in [0.2, 0.25) is 0 Å². The standard InChI is InChI=1S/C15H13FN2O3/c1-9-2-4-12(16)11(6-9)14(19)18-8-10-3-5-13(15(20)21)17-7-10/h2-7H,8H2,1H3,(H,18,19)(H,20,21). The van der Waals surface area contributed by atoms with Crippen LogP contribution in [-0.4, -0.2) is 22.0 Å². The van der Waals surface area contributed by atoms with E-state index in [9.17, 15) is 14.0 Å². The molecule has 0 aliphatic heterocycles. The van der Waals surface area contributed by atoms with Crippen LogP contribution in [0.3, 0.4) is 0 Å². The Bertz CT molecular complexity index is 684. The van der Waals surface area contributed by atoms with E-state index in [0.717, 1.165) is 5.56 Å². The van der Waals surface area contributed by atoms with E-state index < -0.39 is 17.7 Å². The normalized spacial score (nSPS) is 10.2. The Morgan fingerprint density at radius 1 is 1.29 bits per heavy atom. The van der Waals surface area contributed by atoms with Crippen molar-refractivity contribution in [1.82, 2.24) is 10.3 Å². The molecule has 0 aliphatic rings. The molecule has 0 bridgehead atoms. The maximum absolute atomic E-state index is 13.5. The number of nitrogens with one attached hydrogen (secondary N) is 1. The van der Waals surface area contributed by atoms with Gasteiger partial charge in [-0.1, -0.05) is 17.7 Å². The van der Waals surface area contributed by atoms with E-state index in [4.69, 9.17) is 5.11 Å². The molecule has 2 rings (SSSR count). The molecule has 2 aromatic rings. The Labute approximate surface area is 120 Å². The number of hydrogen-bond donors (Lipinski definition) is 2. The molecule has 1 amide bonds. The summed E-state index contributed by atoms with van der Waals surface area (Å²) in [6, 6.07) is 7.19. The summed E-state index contributed by atoms with van der Waals surface area (Å²) in [4.78, 5) is 26.3. The van der Waals surface area contributed by atoms with Crippen LogP contribution in [0.5, 0.6) is 0 Å². The number of aromatic carboxylic acids is 1. The van der Waals surface area contributed by atoms with Crippen LogP contribution in [-0.2, 0) is 6.54 Å². The van der Waals surface area contributed by atoms with Crippen molar-refractivity contribution < 1.29 is 19.1 Å². The van der Waals surface area contributed by atoms with Crippen LogP contribution in [0.25, 0.3) is 0 Å². The predicted octanol–water partition coefficient (Wildman–Crippen LogP) is 2.16. The molecule has 1 aromatic heterocycles. The first-order chi connectivity index (χ1) is 9.97. The highest BCUT2D eigenvalue weighted by atomic mass is 19.1. The number of nitrogens with zero attached hydrogens (tertiary/aromatic N) is 1. The number of aromatic nitrogens is 1. The molecule has 1 heterocycles. The summed E-state index contributed by atoms with van der Waals surface area (Å²) in [5, 5.41) is 11.3. The Hall–Kier alpha value is -2.76. The van der Waals surface area contributed by atoms with Crippen LogP contribution >= 0.6 is 0 Å². The van der Waals surface area contributed by atoms with Crippen molar-refractivity contribution in [2.45, 2.75) is 13.5 Å². The number of carboxylic acid groups (broad SMARTS) is 1. The number of hydrogen-bond acceptors (Lipinski definition) is 3. The van der Waals surface area contributed by atoms with E-state index in [-0.39, 0.29) is 17.8 Å². The minimum Gasteiger partial charge on any atom is -0.477 e. The number of rotatable bonds is 4. The lowest BCUT2D eigenvalue weighted by Gasteiger charge is -2.07. The summed E-state index contributed by atoms with van der Waals surface area (Å²) in [5.41, 5.74) is 1.32. The SMILES string of the molecule is Cc1ccc(F)c(C(=O)NCc2ccc(C(=O)O)nc2)c1. The second-order valence-corrected chi connectivity index (χ2v) is 4.52. The third-order valence-electron chi connectivity index (χ3n) is 2.86. The lowest BCUT2D eigenvalue weighted by atomic mass is 10.1. The minimum absolute atomic E-state index is 0.0230. The van der Waals surface area contributed by atoms with Gasteiger partial charge in [-0.15, -0.1) is 0 Å². The van der Waals surface area contributed by atoms with E-state index in [1.807, 2.05) is 0 Å². The summed E-state index contributed by atoms with van der Waals surface area (Å²) in [7, 11) is 0. The van der Waals surface area contributed by atoms with E-state index in [1.54, 1.807) is 19.1 Å². The molecule has 0 unspecified atom stereocenters. The van der Waals surface area contributed by atoms with Gasteiger partial charge in [0, 0.05) is 12.7 Å². The van der Waals surface area contributed by atoms with Gasteiger partial charge < -0.3 is 10.4 Å². The second-order valence-electron chi connectivity index (χ2n) is 4.52. The van der Waals surface area contributed by atoms with E-state index >= 15 is 0 Å². The number of pyridine rings is 1. The van der Waals surface area contributed by atoms with Crippen molar-refractivity contribution in [3.05, 3.63) is 64.7 Å². The van der Waals surface area contributed by atoms with Gasteiger partial charge in [0.15, 0.2) is 0 Å². The maximum atomic E-state index is 13.5. The number of benzene rings is 1. The average molecular weight is 288 g/mol. The zero-order chi connectivity index (χ0) is 15.4. The van der Waals surface area contributed by atoms with Crippen molar-refractivity contribution >= 4 is 11.9 Å². The quantitative estimate of drug-likeness (QED) is 0.903. The molecule has 0 fully saturated rings.